The summed E-state index contributed by atoms with van der Waals surface area (Å²) < 4.78 is 3.85. The van der Waals surface area contributed by atoms with Crippen LogP contribution >= 0.6 is 0 Å². The number of hydrogen-bond acceptors (Lipinski definition) is 2. The molecule has 2 aromatic carbocycles. The van der Waals surface area contributed by atoms with Crippen molar-refractivity contribution in [3.8, 4) is 6.26 Å². The number of methoxy groups -OCH3 is 1. The average molecular weight is 215 g/mol. The van der Waals surface area contributed by atoms with Crippen LogP contribution in [0.5, 0.6) is 0 Å². The standard InChI is InChI=1S/C10H8.C2H3NO.C2H6/c1-2-6-10-8-4-3-7-9(10)5-1;1-4-2-3;1-2/h1-8H;1H3;1-2H3. The highest BCUT2D eigenvalue weighted by molar-refractivity contribution is 5.81. The Labute approximate surface area is 97.1 Å². The Balaban J connectivity index is 0.000000323. The molecule has 2 nitrogen and oxygen atoms in total. The van der Waals surface area contributed by atoms with Crippen molar-refractivity contribution in [3.63, 3.8) is 0 Å². The van der Waals surface area contributed by atoms with Crippen molar-refractivity contribution >= 4 is 10.8 Å². The van der Waals surface area contributed by atoms with E-state index in [-0.39, 0.29) is 0 Å². The zero-order valence-electron chi connectivity index (χ0n) is 9.97. The monoisotopic (exact) mass is 215 g/mol. The van der Waals surface area contributed by atoms with E-state index < -0.39 is 0 Å². The fraction of sp³-hybridized carbons (Fsp3) is 0.214. The van der Waals surface area contributed by atoms with E-state index in [1.165, 1.54) is 24.1 Å². The lowest BCUT2D eigenvalue weighted by Crippen LogP contribution is -1.67. The Bertz CT molecular complexity index is 366. The Hall–Kier alpha value is -2.01. The van der Waals surface area contributed by atoms with Gasteiger partial charge in [-0.05, 0) is 10.8 Å². The van der Waals surface area contributed by atoms with Gasteiger partial charge in [0.1, 0.15) is 0 Å². The van der Waals surface area contributed by atoms with E-state index in [1.54, 1.807) is 0 Å². The van der Waals surface area contributed by atoms with Crippen LogP contribution in [0.3, 0.4) is 0 Å². The van der Waals surface area contributed by atoms with Gasteiger partial charge >= 0.3 is 0 Å². The van der Waals surface area contributed by atoms with E-state index in [4.69, 9.17) is 5.26 Å². The maximum atomic E-state index is 7.40. The van der Waals surface area contributed by atoms with Crippen LogP contribution in [-0.2, 0) is 4.74 Å². The summed E-state index contributed by atoms with van der Waals surface area (Å²) in [7, 11) is 1.32. The molecular formula is C14H17NO. The van der Waals surface area contributed by atoms with Crippen molar-refractivity contribution in [2.45, 2.75) is 13.8 Å². The first-order chi connectivity index (χ1) is 7.88. The van der Waals surface area contributed by atoms with Crippen LogP contribution in [-0.4, -0.2) is 7.11 Å². The molecule has 0 bridgehead atoms. The molecule has 0 aromatic heterocycles. The molecule has 2 aromatic rings. The van der Waals surface area contributed by atoms with Gasteiger partial charge in [-0.15, -0.1) is 0 Å². The third-order valence-corrected chi connectivity index (χ3v) is 1.75. The van der Waals surface area contributed by atoms with Crippen molar-refractivity contribution in [2.24, 2.45) is 0 Å². The third-order valence-electron chi connectivity index (χ3n) is 1.75. The minimum absolute atomic E-state index is 1.31. The SMILES string of the molecule is CC.COC#N.c1ccc2ccccc2c1. The second kappa shape index (κ2) is 9.54. The Morgan fingerprint density at radius 1 is 0.875 bits per heavy atom. The van der Waals surface area contributed by atoms with Crippen LogP contribution in [0, 0.1) is 11.5 Å². The number of ether oxygens (including phenoxy) is 1. The van der Waals surface area contributed by atoms with Crippen molar-refractivity contribution in [1.82, 2.24) is 0 Å². The summed E-state index contributed by atoms with van der Waals surface area (Å²) in [4.78, 5) is 0. The molecule has 0 N–H and O–H groups in total. The Morgan fingerprint density at radius 2 is 1.12 bits per heavy atom. The summed E-state index contributed by atoms with van der Waals surface area (Å²) in [6.07, 6.45) is 1.43. The molecule has 0 atom stereocenters. The fourth-order valence-corrected chi connectivity index (χ4v) is 1.13. The smallest absolute Gasteiger partial charge is 0.286 e. The molecule has 0 spiro atoms. The minimum Gasteiger partial charge on any atom is -0.431 e. The summed E-state index contributed by atoms with van der Waals surface area (Å²) in [5.41, 5.74) is 0. The van der Waals surface area contributed by atoms with Gasteiger partial charge in [-0.25, -0.2) is 0 Å². The van der Waals surface area contributed by atoms with E-state index >= 15 is 0 Å². The van der Waals surface area contributed by atoms with Crippen LogP contribution in [0.1, 0.15) is 13.8 Å². The molecule has 0 aliphatic heterocycles. The zero-order valence-corrected chi connectivity index (χ0v) is 9.97. The maximum absolute atomic E-state index is 7.40. The highest BCUT2D eigenvalue weighted by atomic mass is 16.5. The van der Waals surface area contributed by atoms with Crippen molar-refractivity contribution in [2.75, 3.05) is 7.11 Å². The van der Waals surface area contributed by atoms with Crippen LogP contribution in [0.2, 0.25) is 0 Å². The highest BCUT2D eigenvalue weighted by Crippen LogP contribution is 2.11. The molecular weight excluding hydrogens is 198 g/mol. The first-order valence-electron chi connectivity index (χ1n) is 5.24. The number of benzene rings is 2. The van der Waals surface area contributed by atoms with Crippen LogP contribution in [0.15, 0.2) is 48.5 Å². The lowest BCUT2D eigenvalue weighted by molar-refractivity contribution is 0.362. The van der Waals surface area contributed by atoms with Gasteiger partial charge in [-0.1, -0.05) is 62.4 Å². The molecule has 2 heteroatoms. The predicted molar refractivity (Wildman–Crippen MR) is 67.9 cm³/mol. The molecule has 0 heterocycles. The first kappa shape index (κ1) is 14.0. The maximum Gasteiger partial charge on any atom is 0.286 e. The van der Waals surface area contributed by atoms with E-state index in [0.29, 0.717) is 0 Å². The molecule has 0 saturated heterocycles. The van der Waals surface area contributed by atoms with E-state index in [2.05, 4.69) is 53.3 Å². The molecule has 0 radical (unpaired) electrons. The quantitative estimate of drug-likeness (QED) is 0.623. The molecule has 0 aliphatic carbocycles. The fourth-order valence-electron chi connectivity index (χ4n) is 1.13. The number of nitrogens with zero attached hydrogens (tertiary/aromatic N) is 1. The largest absolute Gasteiger partial charge is 0.431 e. The van der Waals surface area contributed by atoms with Gasteiger partial charge in [0.2, 0.25) is 0 Å². The second-order valence-corrected chi connectivity index (χ2v) is 2.64. The van der Waals surface area contributed by atoms with Crippen molar-refractivity contribution in [1.29, 1.82) is 5.26 Å². The number of fused-ring (bicyclic) bond motifs is 1. The van der Waals surface area contributed by atoms with Gasteiger partial charge in [0, 0.05) is 0 Å². The predicted octanol–water partition coefficient (Wildman–Crippen LogP) is 3.98. The van der Waals surface area contributed by atoms with Gasteiger partial charge in [-0.2, -0.15) is 5.26 Å². The van der Waals surface area contributed by atoms with Crippen molar-refractivity contribution < 1.29 is 4.74 Å². The van der Waals surface area contributed by atoms with Gasteiger partial charge in [0.05, 0.1) is 7.11 Å². The number of hydrogen-bond donors (Lipinski definition) is 0. The normalized spacial score (nSPS) is 7.62. The first-order valence-corrected chi connectivity index (χ1v) is 5.24. The highest BCUT2D eigenvalue weighted by Gasteiger charge is 1.85. The van der Waals surface area contributed by atoms with Gasteiger partial charge in [0.15, 0.2) is 0 Å². The van der Waals surface area contributed by atoms with Crippen molar-refractivity contribution in [3.05, 3.63) is 48.5 Å². The minimum atomic E-state index is 1.31. The lowest BCUT2D eigenvalue weighted by Gasteiger charge is -1.92. The average Bonchev–Trinajstić information content (AvgIpc) is 2.41. The van der Waals surface area contributed by atoms with Gasteiger partial charge < -0.3 is 4.74 Å². The number of rotatable bonds is 0. The lowest BCUT2D eigenvalue weighted by atomic mass is 10.1. The van der Waals surface area contributed by atoms with E-state index in [0.717, 1.165) is 0 Å². The molecule has 0 saturated carbocycles. The summed E-state index contributed by atoms with van der Waals surface area (Å²) in [6.45, 7) is 4.00. The molecule has 16 heavy (non-hydrogen) atoms. The van der Waals surface area contributed by atoms with E-state index in [1.807, 2.05) is 13.8 Å². The molecule has 2 rings (SSSR count). The van der Waals surface area contributed by atoms with Gasteiger partial charge in [0.25, 0.3) is 6.26 Å². The summed E-state index contributed by atoms with van der Waals surface area (Å²) >= 11 is 0. The summed E-state index contributed by atoms with van der Waals surface area (Å²) in [6, 6.07) is 16.7. The van der Waals surface area contributed by atoms with Crippen LogP contribution in [0.4, 0.5) is 0 Å². The van der Waals surface area contributed by atoms with E-state index in [9.17, 15) is 0 Å². The van der Waals surface area contributed by atoms with Gasteiger partial charge in [-0.3, -0.25) is 0 Å². The molecule has 84 valence electrons. The molecule has 0 fully saturated rings. The van der Waals surface area contributed by atoms with Crippen LogP contribution < -0.4 is 0 Å². The summed E-state index contributed by atoms with van der Waals surface area (Å²) in [5.74, 6) is 0. The molecule has 0 aliphatic rings. The topological polar surface area (TPSA) is 33.0 Å². The Morgan fingerprint density at radius 3 is 1.31 bits per heavy atom. The van der Waals surface area contributed by atoms with Crippen LogP contribution in [0.25, 0.3) is 10.8 Å². The third kappa shape index (κ3) is 5.02. The second-order valence-electron chi connectivity index (χ2n) is 2.64. The summed E-state index contributed by atoms with van der Waals surface area (Å²) in [5, 5.41) is 10.0. The Kier molecular flexibility index (Phi) is 8.34. The molecule has 0 unspecified atom stereocenters. The molecule has 0 amide bonds. The number of nitriles is 1. The zero-order chi connectivity index (χ0) is 12.2.